The van der Waals surface area contributed by atoms with Crippen molar-refractivity contribution in [2.75, 3.05) is 25.2 Å². The van der Waals surface area contributed by atoms with Crippen molar-refractivity contribution in [2.45, 2.75) is 13.8 Å². The normalized spacial score (nSPS) is 15.2. The summed E-state index contributed by atoms with van der Waals surface area (Å²) in [6.07, 6.45) is 1.35. The first kappa shape index (κ1) is 22.2. The van der Waals surface area contributed by atoms with Crippen molar-refractivity contribution in [2.24, 2.45) is 0 Å². The summed E-state index contributed by atoms with van der Waals surface area (Å²) in [6, 6.07) is 8.70. The summed E-state index contributed by atoms with van der Waals surface area (Å²) < 4.78 is 16.2. The minimum atomic E-state index is -0.834. The van der Waals surface area contributed by atoms with E-state index in [0.29, 0.717) is 41.7 Å². The minimum absolute atomic E-state index is 0.225. The van der Waals surface area contributed by atoms with Gasteiger partial charge in [-0.1, -0.05) is 11.6 Å². The predicted octanol–water partition coefficient (Wildman–Crippen LogP) is 3.81. The Kier molecular flexibility index (Phi) is 6.81. The van der Waals surface area contributed by atoms with Crippen molar-refractivity contribution in [1.82, 2.24) is 5.32 Å². The van der Waals surface area contributed by atoms with Crippen molar-refractivity contribution in [3.05, 3.63) is 52.6 Å². The van der Waals surface area contributed by atoms with Gasteiger partial charge < -0.3 is 14.2 Å². The molecule has 4 amide bonds. The Labute approximate surface area is 184 Å². The van der Waals surface area contributed by atoms with Gasteiger partial charge in [-0.2, -0.15) is 0 Å². The lowest BCUT2D eigenvalue weighted by molar-refractivity contribution is -0.122. The van der Waals surface area contributed by atoms with E-state index in [1.165, 1.54) is 19.3 Å². The summed E-state index contributed by atoms with van der Waals surface area (Å²) in [7, 11) is 1.46. The van der Waals surface area contributed by atoms with Crippen LogP contribution in [0.1, 0.15) is 19.4 Å². The van der Waals surface area contributed by atoms with Crippen molar-refractivity contribution in [1.29, 1.82) is 0 Å². The number of methoxy groups -OCH3 is 1. The number of urea groups is 1. The van der Waals surface area contributed by atoms with Crippen LogP contribution >= 0.6 is 11.6 Å². The third-order valence-electron chi connectivity index (χ3n) is 4.35. The molecule has 0 radical (unpaired) electrons. The third kappa shape index (κ3) is 4.64. The monoisotopic (exact) mass is 444 g/mol. The number of benzene rings is 2. The second-order valence-corrected chi connectivity index (χ2v) is 6.76. The van der Waals surface area contributed by atoms with Gasteiger partial charge in [-0.25, -0.2) is 9.69 Å². The number of imide groups is 2. The van der Waals surface area contributed by atoms with E-state index in [-0.39, 0.29) is 10.6 Å². The van der Waals surface area contributed by atoms with Crippen LogP contribution in [0.2, 0.25) is 5.02 Å². The number of rotatable bonds is 7. The summed E-state index contributed by atoms with van der Waals surface area (Å²) in [5.74, 6) is -0.257. The van der Waals surface area contributed by atoms with Crippen LogP contribution in [0.25, 0.3) is 6.08 Å². The summed E-state index contributed by atoms with van der Waals surface area (Å²) in [5, 5.41) is 2.44. The number of carbonyl (C=O) groups excluding carboxylic acids is 3. The van der Waals surface area contributed by atoms with Crippen LogP contribution in [0.15, 0.2) is 42.0 Å². The van der Waals surface area contributed by atoms with Gasteiger partial charge in [0.15, 0.2) is 11.5 Å². The molecule has 0 aromatic heterocycles. The Morgan fingerprint density at radius 3 is 2.32 bits per heavy atom. The first-order valence-electron chi connectivity index (χ1n) is 9.54. The van der Waals surface area contributed by atoms with Crippen LogP contribution in [-0.2, 0) is 9.59 Å². The van der Waals surface area contributed by atoms with E-state index in [4.69, 9.17) is 25.8 Å². The molecule has 31 heavy (non-hydrogen) atoms. The summed E-state index contributed by atoms with van der Waals surface area (Å²) in [6.45, 7) is 4.50. The maximum Gasteiger partial charge on any atom is 0.335 e. The van der Waals surface area contributed by atoms with Gasteiger partial charge in [0, 0.05) is 0 Å². The topological polar surface area (TPSA) is 94.2 Å². The molecule has 1 saturated heterocycles. The molecule has 0 saturated carbocycles. The Morgan fingerprint density at radius 2 is 1.71 bits per heavy atom. The van der Waals surface area contributed by atoms with E-state index >= 15 is 0 Å². The molecule has 1 N–H and O–H groups in total. The lowest BCUT2D eigenvalue weighted by atomic mass is 10.1. The first-order chi connectivity index (χ1) is 14.9. The van der Waals surface area contributed by atoms with Crippen LogP contribution < -0.4 is 24.4 Å². The SMILES string of the molecule is CCOc1ccc(N2C(=O)NC(=O)/C(=C\c3cc(Cl)c(OC)c(OCC)c3)C2=O)cc1. The minimum Gasteiger partial charge on any atom is -0.494 e. The second-order valence-electron chi connectivity index (χ2n) is 6.35. The number of ether oxygens (including phenoxy) is 3. The number of hydrogen-bond donors (Lipinski definition) is 1. The molecule has 0 spiro atoms. The highest BCUT2D eigenvalue weighted by Crippen LogP contribution is 2.37. The number of barbiturate groups is 1. The van der Waals surface area contributed by atoms with Crippen molar-refractivity contribution in [3.8, 4) is 17.2 Å². The van der Waals surface area contributed by atoms with Gasteiger partial charge in [0.25, 0.3) is 11.8 Å². The fraction of sp³-hybridized carbons (Fsp3) is 0.227. The molecule has 0 atom stereocenters. The van der Waals surface area contributed by atoms with Gasteiger partial charge in [0.05, 0.1) is 31.0 Å². The lowest BCUT2D eigenvalue weighted by Crippen LogP contribution is -2.54. The first-order valence-corrected chi connectivity index (χ1v) is 9.92. The van der Waals surface area contributed by atoms with Gasteiger partial charge >= 0.3 is 6.03 Å². The number of carbonyl (C=O) groups is 3. The fourth-order valence-electron chi connectivity index (χ4n) is 3.05. The molecule has 2 aromatic carbocycles. The smallest absolute Gasteiger partial charge is 0.335 e. The van der Waals surface area contributed by atoms with E-state index in [2.05, 4.69) is 5.32 Å². The zero-order valence-corrected chi connectivity index (χ0v) is 18.0. The summed E-state index contributed by atoms with van der Waals surface area (Å²) >= 11 is 6.25. The molecule has 1 aliphatic rings. The summed E-state index contributed by atoms with van der Waals surface area (Å²) in [5.41, 5.74) is 0.512. The van der Waals surface area contributed by atoms with E-state index < -0.39 is 17.8 Å². The lowest BCUT2D eigenvalue weighted by Gasteiger charge is -2.26. The fourth-order valence-corrected chi connectivity index (χ4v) is 3.35. The average Bonchev–Trinajstić information content (AvgIpc) is 2.72. The van der Waals surface area contributed by atoms with Crippen LogP contribution in [-0.4, -0.2) is 38.2 Å². The number of anilines is 1. The molecular weight excluding hydrogens is 424 g/mol. The predicted molar refractivity (Wildman–Crippen MR) is 116 cm³/mol. The number of amides is 4. The van der Waals surface area contributed by atoms with Gasteiger partial charge in [-0.05, 0) is 61.9 Å². The highest BCUT2D eigenvalue weighted by molar-refractivity contribution is 6.39. The molecule has 8 nitrogen and oxygen atoms in total. The van der Waals surface area contributed by atoms with Crippen molar-refractivity contribution >= 4 is 41.2 Å². The molecule has 2 aromatic rings. The highest BCUT2D eigenvalue weighted by atomic mass is 35.5. The van der Waals surface area contributed by atoms with E-state index in [1.54, 1.807) is 37.3 Å². The van der Waals surface area contributed by atoms with Gasteiger partial charge in [-0.3, -0.25) is 14.9 Å². The largest absolute Gasteiger partial charge is 0.494 e. The van der Waals surface area contributed by atoms with Crippen molar-refractivity contribution in [3.63, 3.8) is 0 Å². The molecule has 1 aliphatic heterocycles. The third-order valence-corrected chi connectivity index (χ3v) is 4.64. The molecule has 0 unspecified atom stereocenters. The molecule has 0 aliphatic carbocycles. The Morgan fingerprint density at radius 1 is 1.03 bits per heavy atom. The van der Waals surface area contributed by atoms with Gasteiger partial charge in [-0.15, -0.1) is 0 Å². The van der Waals surface area contributed by atoms with Crippen LogP contribution in [0, 0.1) is 0 Å². The molecule has 162 valence electrons. The zero-order valence-electron chi connectivity index (χ0n) is 17.2. The highest BCUT2D eigenvalue weighted by Gasteiger charge is 2.36. The molecule has 0 bridgehead atoms. The average molecular weight is 445 g/mol. The van der Waals surface area contributed by atoms with E-state index in [1.807, 2.05) is 6.92 Å². The number of nitrogens with one attached hydrogen (secondary N) is 1. The maximum atomic E-state index is 13.0. The molecule has 1 heterocycles. The molecule has 1 fully saturated rings. The van der Waals surface area contributed by atoms with Crippen molar-refractivity contribution < 1.29 is 28.6 Å². The standard InChI is InChI=1S/C22H21ClN2O6/c1-4-30-15-8-6-14(7-9-15)25-21(27)16(20(26)24-22(25)28)10-13-11-17(23)19(29-3)18(12-13)31-5-2/h6-12H,4-5H2,1-3H3,(H,24,26,28)/b16-10+. The Balaban J connectivity index is 1.99. The zero-order chi connectivity index (χ0) is 22.5. The van der Waals surface area contributed by atoms with Crippen LogP contribution in [0.5, 0.6) is 17.2 Å². The molecule has 9 heteroatoms. The van der Waals surface area contributed by atoms with Gasteiger partial charge in [0.2, 0.25) is 0 Å². The Bertz CT molecular complexity index is 1050. The van der Waals surface area contributed by atoms with Gasteiger partial charge in [0.1, 0.15) is 11.3 Å². The molecule has 3 rings (SSSR count). The van der Waals surface area contributed by atoms with Crippen LogP contribution in [0.4, 0.5) is 10.5 Å². The summed E-state index contributed by atoms with van der Waals surface area (Å²) in [4.78, 5) is 38.7. The quantitative estimate of drug-likeness (QED) is 0.515. The maximum absolute atomic E-state index is 13.0. The molecular formula is C22H21ClN2O6. The van der Waals surface area contributed by atoms with Crippen LogP contribution in [0.3, 0.4) is 0 Å². The Hall–Kier alpha value is -3.52. The van der Waals surface area contributed by atoms with E-state index in [0.717, 1.165) is 4.90 Å². The number of hydrogen-bond acceptors (Lipinski definition) is 6. The number of nitrogens with zero attached hydrogens (tertiary/aromatic N) is 1. The van der Waals surface area contributed by atoms with E-state index in [9.17, 15) is 14.4 Å². The number of halogens is 1. The second kappa shape index (κ2) is 9.53.